The lowest BCUT2D eigenvalue weighted by Gasteiger charge is -2.12. The summed E-state index contributed by atoms with van der Waals surface area (Å²) in [7, 11) is 0. The topological polar surface area (TPSA) is 78.4 Å². The zero-order valence-electron chi connectivity index (χ0n) is 11.3. The van der Waals surface area contributed by atoms with Crippen LogP contribution in [0.4, 0.5) is 5.69 Å². The van der Waals surface area contributed by atoms with E-state index in [0.29, 0.717) is 5.69 Å². The molecule has 5 heteroatoms. The van der Waals surface area contributed by atoms with Crippen molar-refractivity contribution in [3.8, 4) is 0 Å². The number of aromatic carboxylic acids is 1. The fourth-order valence-corrected chi connectivity index (χ4v) is 1.91. The summed E-state index contributed by atoms with van der Waals surface area (Å²) < 4.78 is 0. The lowest BCUT2D eigenvalue weighted by molar-refractivity contribution is -0.117. The van der Waals surface area contributed by atoms with Crippen LogP contribution in [0.25, 0.3) is 0 Å². The van der Waals surface area contributed by atoms with E-state index in [-0.39, 0.29) is 17.5 Å². The maximum atomic E-state index is 11.8. The molecule has 1 amide bonds. The van der Waals surface area contributed by atoms with Gasteiger partial charge in [-0.15, -0.1) is 0 Å². The fraction of sp³-hybridized carbons (Fsp3) is 0.429. The van der Waals surface area contributed by atoms with Crippen molar-refractivity contribution in [1.29, 1.82) is 0 Å². The van der Waals surface area contributed by atoms with Gasteiger partial charge in [-0.3, -0.25) is 4.79 Å². The summed E-state index contributed by atoms with van der Waals surface area (Å²) in [6, 6.07) is 6.18. The van der Waals surface area contributed by atoms with Gasteiger partial charge in [0.15, 0.2) is 0 Å². The monoisotopic (exact) mass is 264 g/mol. The summed E-state index contributed by atoms with van der Waals surface area (Å²) in [5.41, 5.74) is 0.456. The summed E-state index contributed by atoms with van der Waals surface area (Å²) in [5.74, 6) is -1.21. The minimum Gasteiger partial charge on any atom is -0.478 e. The second kappa shape index (κ2) is 7.53. The van der Waals surface area contributed by atoms with Crippen LogP contribution in [0, 0.1) is 0 Å². The molecule has 1 atom stereocenters. The van der Waals surface area contributed by atoms with Gasteiger partial charge in [-0.2, -0.15) is 0 Å². The SMILES string of the molecule is CC.O=C(O)c1ccccc1NC(=O)C1CCCN1. The Hall–Kier alpha value is -1.88. The molecule has 2 rings (SSSR count). The van der Waals surface area contributed by atoms with Gasteiger partial charge in [0.2, 0.25) is 5.91 Å². The molecular formula is C14H20N2O3. The van der Waals surface area contributed by atoms with Crippen LogP contribution in [0.3, 0.4) is 0 Å². The van der Waals surface area contributed by atoms with Crippen LogP contribution in [0.5, 0.6) is 0 Å². The Morgan fingerprint density at radius 2 is 2.00 bits per heavy atom. The van der Waals surface area contributed by atoms with Crippen molar-refractivity contribution >= 4 is 17.6 Å². The molecule has 1 fully saturated rings. The number of anilines is 1. The molecule has 1 aromatic rings. The summed E-state index contributed by atoms with van der Waals surface area (Å²) in [4.78, 5) is 22.8. The molecule has 1 saturated heterocycles. The molecule has 0 aliphatic carbocycles. The first kappa shape index (κ1) is 15.2. The van der Waals surface area contributed by atoms with Gasteiger partial charge in [-0.1, -0.05) is 26.0 Å². The smallest absolute Gasteiger partial charge is 0.337 e. The summed E-state index contributed by atoms with van der Waals surface area (Å²) in [6.07, 6.45) is 1.76. The lowest BCUT2D eigenvalue weighted by Crippen LogP contribution is -2.35. The van der Waals surface area contributed by atoms with Gasteiger partial charge in [-0.25, -0.2) is 4.79 Å². The predicted molar refractivity (Wildman–Crippen MR) is 74.4 cm³/mol. The number of nitrogens with one attached hydrogen (secondary N) is 2. The standard InChI is InChI=1S/C12H14N2O3.C2H6/c15-11(10-6-3-7-13-10)14-9-5-2-1-4-8(9)12(16)17;1-2/h1-2,4-5,10,13H,3,6-7H2,(H,14,15)(H,16,17);1-2H3. The van der Waals surface area contributed by atoms with E-state index in [1.54, 1.807) is 18.2 Å². The van der Waals surface area contributed by atoms with Crippen LogP contribution in [-0.4, -0.2) is 29.6 Å². The molecule has 0 bridgehead atoms. The van der Waals surface area contributed by atoms with Crippen molar-refractivity contribution in [1.82, 2.24) is 5.32 Å². The van der Waals surface area contributed by atoms with Crippen LogP contribution < -0.4 is 10.6 Å². The first-order valence-corrected chi connectivity index (χ1v) is 6.55. The molecule has 5 nitrogen and oxygen atoms in total. The number of para-hydroxylation sites is 1. The third kappa shape index (κ3) is 4.06. The Labute approximate surface area is 113 Å². The van der Waals surface area contributed by atoms with Crippen molar-refractivity contribution in [2.24, 2.45) is 0 Å². The maximum Gasteiger partial charge on any atom is 0.337 e. The summed E-state index contributed by atoms with van der Waals surface area (Å²) >= 11 is 0. The Morgan fingerprint density at radius 1 is 1.32 bits per heavy atom. The predicted octanol–water partition coefficient (Wildman–Crippen LogP) is 2.10. The van der Waals surface area contributed by atoms with Gasteiger partial charge in [-0.05, 0) is 31.5 Å². The Morgan fingerprint density at radius 3 is 2.58 bits per heavy atom. The van der Waals surface area contributed by atoms with Crippen molar-refractivity contribution in [2.45, 2.75) is 32.7 Å². The average Bonchev–Trinajstić information content (AvgIpc) is 2.95. The van der Waals surface area contributed by atoms with Crippen molar-refractivity contribution in [3.05, 3.63) is 29.8 Å². The van der Waals surface area contributed by atoms with Crippen LogP contribution in [0.1, 0.15) is 37.0 Å². The van der Waals surface area contributed by atoms with Gasteiger partial charge in [0.25, 0.3) is 0 Å². The number of benzene rings is 1. The molecule has 0 aromatic heterocycles. The number of hydrogen-bond acceptors (Lipinski definition) is 3. The summed E-state index contributed by atoms with van der Waals surface area (Å²) in [6.45, 7) is 4.83. The first-order valence-electron chi connectivity index (χ1n) is 6.55. The average molecular weight is 264 g/mol. The quantitative estimate of drug-likeness (QED) is 0.781. The number of amides is 1. The molecule has 1 unspecified atom stereocenters. The van der Waals surface area contributed by atoms with Crippen LogP contribution in [-0.2, 0) is 4.79 Å². The molecule has 1 aliphatic heterocycles. The molecule has 0 spiro atoms. The van der Waals surface area contributed by atoms with E-state index in [9.17, 15) is 9.59 Å². The van der Waals surface area contributed by atoms with E-state index in [0.717, 1.165) is 19.4 Å². The maximum absolute atomic E-state index is 11.8. The van der Waals surface area contributed by atoms with Crippen molar-refractivity contribution < 1.29 is 14.7 Å². The highest BCUT2D eigenvalue weighted by Gasteiger charge is 2.23. The Bertz CT molecular complexity index is 440. The molecule has 19 heavy (non-hydrogen) atoms. The van der Waals surface area contributed by atoms with Gasteiger partial charge in [0, 0.05) is 0 Å². The molecule has 1 aromatic carbocycles. The molecule has 3 N–H and O–H groups in total. The first-order chi connectivity index (χ1) is 9.18. The van der Waals surface area contributed by atoms with Crippen molar-refractivity contribution in [2.75, 3.05) is 11.9 Å². The van der Waals surface area contributed by atoms with Crippen LogP contribution >= 0.6 is 0 Å². The van der Waals surface area contributed by atoms with Gasteiger partial charge in [0.05, 0.1) is 17.3 Å². The highest BCUT2D eigenvalue weighted by molar-refractivity contribution is 6.02. The third-order valence-electron chi connectivity index (χ3n) is 2.79. The van der Waals surface area contributed by atoms with Crippen LogP contribution in [0.15, 0.2) is 24.3 Å². The second-order valence-electron chi connectivity index (χ2n) is 3.99. The molecule has 1 aliphatic rings. The lowest BCUT2D eigenvalue weighted by atomic mass is 10.1. The molecule has 0 radical (unpaired) electrons. The molecule has 104 valence electrons. The summed E-state index contributed by atoms with van der Waals surface area (Å²) in [5, 5.41) is 14.7. The van der Waals surface area contributed by atoms with Crippen LogP contribution in [0.2, 0.25) is 0 Å². The highest BCUT2D eigenvalue weighted by Crippen LogP contribution is 2.16. The van der Waals surface area contributed by atoms with E-state index in [1.807, 2.05) is 13.8 Å². The van der Waals surface area contributed by atoms with Crippen molar-refractivity contribution in [3.63, 3.8) is 0 Å². The van der Waals surface area contributed by atoms with E-state index in [1.165, 1.54) is 6.07 Å². The number of carbonyl (C=O) groups is 2. The van der Waals surface area contributed by atoms with Gasteiger partial charge >= 0.3 is 5.97 Å². The van der Waals surface area contributed by atoms with E-state index >= 15 is 0 Å². The number of rotatable bonds is 3. The molecular weight excluding hydrogens is 244 g/mol. The highest BCUT2D eigenvalue weighted by atomic mass is 16.4. The minimum absolute atomic E-state index is 0.110. The number of hydrogen-bond donors (Lipinski definition) is 3. The largest absolute Gasteiger partial charge is 0.478 e. The number of carboxylic acid groups (broad SMARTS) is 1. The fourth-order valence-electron chi connectivity index (χ4n) is 1.91. The third-order valence-corrected chi connectivity index (χ3v) is 2.79. The van der Waals surface area contributed by atoms with E-state index in [4.69, 9.17) is 5.11 Å². The Balaban J connectivity index is 0.000000861. The second-order valence-corrected chi connectivity index (χ2v) is 3.99. The molecule has 0 saturated carbocycles. The molecule has 1 heterocycles. The van der Waals surface area contributed by atoms with E-state index < -0.39 is 5.97 Å². The normalized spacial score (nSPS) is 17.3. The zero-order chi connectivity index (χ0) is 14.3. The van der Waals surface area contributed by atoms with E-state index in [2.05, 4.69) is 10.6 Å². The van der Waals surface area contributed by atoms with Gasteiger partial charge < -0.3 is 15.7 Å². The number of carbonyl (C=O) groups excluding carboxylic acids is 1. The number of carboxylic acids is 1. The zero-order valence-corrected chi connectivity index (χ0v) is 11.3. The Kier molecular flexibility index (Phi) is 6.02. The van der Waals surface area contributed by atoms with Gasteiger partial charge in [0.1, 0.15) is 0 Å². The minimum atomic E-state index is -1.04.